The summed E-state index contributed by atoms with van der Waals surface area (Å²) in [6, 6.07) is 11.2. The van der Waals surface area contributed by atoms with E-state index >= 15 is 0 Å². The zero-order valence-electron chi connectivity index (χ0n) is 16.5. The molecule has 1 fully saturated rings. The van der Waals surface area contributed by atoms with Crippen molar-refractivity contribution >= 4 is 17.3 Å². The molecule has 2 aromatic rings. The van der Waals surface area contributed by atoms with Crippen molar-refractivity contribution in [3.05, 3.63) is 58.0 Å². The van der Waals surface area contributed by atoms with Gasteiger partial charge in [-0.05, 0) is 29.1 Å². The lowest BCUT2D eigenvalue weighted by Gasteiger charge is -2.35. The Morgan fingerprint density at radius 1 is 1.18 bits per heavy atom. The van der Waals surface area contributed by atoms with Crippen LogP contribution in [0.3, 0.4) is 0 Å². The molecule has 1 aromatic heterocycles. The Balaban J connectivity index is 1.60. The van der Waals surface area contributed by atoms with Gasteiger partial charge in [0.05, 0.1) is 19.3 Å². The van der Waals surface area contributed by atoms with E-state index in [-0.39, 0.29) is 11.9 Å². The van der Waals surface area contributed by atoms with E-state index in [0.29, 0.717) is 12.5 Å². The molecule has 2 N–H and O–H groups in total. The predicted octanol–water partition coefficient (Wildman–Crippen LogP) is 3.23. The van der Waals surface area contributed by atoms with Gasteiger partial charge >= 0.3 is 0 Å². The van der Waals surface area contributed by atoms with E-state index in [9.17, 15) is 4.39 Å². The van der Waals surface area contributed by atoms with Crippen LogP contribution in [0.15, 0.2) is 46.8 Å². The maximum Gasteiger partial charge on any atom is 0.191 e. The maximum atomic E-state index is 13.4. The van der Waals surface area contributed by atoms with Gasteiger partial charge in [0.25, 0.3) is 0 Å². The molecule has 7 heteroatoms. The molecule has 0 radical (unpaired) electrons. The number of morpholine rings is 1. The van der Waals surface area contributed by atoms with E-state index < -0.39 is 0 Å². The molecule has 0 aliphatic carbocycles. The van der Waals surface area contributed by atoms with Crippen molar-refractivity contribution in [2.45, 2.75) is 18.9 Å². The number of nitrogens with one attached hydrogen (secondary N) is 2. The van der Waals surface area contributed by atoms with E-state index in [1.165, 1.54) is 17.0 Å². The van der Waals surface area contributed by atoms with Crippen LogP contribution in [0.1, 0.15) is 29.3 Å². The molecule has 28 heavy (non-hydrogen) atoms. The van der Waals surface area contributed by atoms with Crippen LogP contribution in [0.2, 0.25) is 0 Å². The molecule has 1 aromatic carbocycles. The highest BCUT2D eigenvalue weighted by atomic mass is 32.1. The molecule has 5 nitrogen and oxygen atoms in total. The Labute approximate surface area is 170 Å². The summed E-state index contributed by atoms with van der Waals surface area (Å²) in [6.07, 6.45) is 0. The lowest BCUT2D eigenvalue weighted by Crippen LogP contribution is -2.46. The molecule has 2 unspecified atom stereocenters. The van der Waals surface area contributed by atoms with Gasteiger partial charge in [-0.3, -0.25) is 9.89 Å². The van der Waals surface area contributed by atoms with Gasteiger partial charge in [0, 0.05) is 44.0 Å². The number of guanidine groups is 1. The fourth-order valence-electron chi connectivity index (χ4n) is 3.37. The van der Waals surface area contributed by atoms with Crippen LogP contribution < -0.4 is 10.6 Å². The Hall–Kier alpha value is -1.96. The second-order valence-electron chi connectivity index (χ2n) is 6.97. The smallest absolute Gasteiger partial charge is 0.191 e. The molecule has 1 aliphatic rings. The average Bonchev–Trinajstić information content (AvgIpc) is 3.27. The second kappa shape index (κ2) is 10.5. The second-order valence-corrected chi connectivity index (χ2v) is 7.95. The standard InChI is InChI=1S/C21H29FN4OS/c1-16(20-4-3-13-28-20)14-24-21(23-2)25-15-19(26-9-11-27-12-10-26)17-5-7-18(22)8-6-17/h3-8,13,16,19H,9-12,14-15H2,1-2H3,(H2,23,24,25). The number of benzene rings is 1. The van der Waals surface area contributed by atoms with Crippen molar-refractivity contribution in [1.29, 1.82) is 0 Å². The minimum absolute atomic E-state index is 0.137. The summed E-state index contributed by atoms with van der Waals surface area (Å²) in [5.41, 5.74) is 1.10. The van der Waals surface area contributed by atoms with E-state index in [4.69, 9.17) is 4.74 Å². The number of halogens is 1. The summed E-state index contributed by atoms with van der Waals surface area (Å²) in [5, 5.41) is 8.97. The normalized spacial score (nSPS) is 17.9. The number of nitrogens with zero attached hydrogens (tertiary/aromatic N) is 2. The molecule has 2 atom stereocenters. The van der Waals surface area contributed by atoms with Crippen LogP contribution in [0.4, 0.5) is 4.39 Å². The Morgan fingerprint density at radius 2 is 1.89 bits per heavy atom. The van der Waals surface area contributed by atoms with Crippen molar-refractivity contribution in [2.75, 3.05) is 46.4 Å². The first kappa shape index (κ1) is 20.8. The van der Waals surface area contributed by atoms with E-state index in [1.807, 2.05) is 12.1 Å². The van der Waals surface area contributed by atoms with Gasteiger partial charge in [-0.15, -0.1) is 11.3 Å². The van der Waals surface area contributed by atoms with E-state index in [2.05, 4.69) is 45.0 Å². The van der Waals surface area contributed by atoms with Crippen molar-refractivity contribution in [1.82, 2.24) is 15.5 Å². The molecule has 2 heterocycles. The third kappa shape index (κ3) is 5.77. The number of thiophene rings is 1. The first-order valence-corrected chi connectivity index (χ1v) is 10.6. The summed E-state index contributed by atoms with van der Waals surface area (Å²) in [4.78, 5) is 8.10. The van der Waals surface area contributed by atoms with E-state index in [0.717, 1.165) is 44.4 Å². The highest BCUT2D eigenvalue weighted by molar-refractivity contribution is 7.10. The summed E-state index contributed by atoms with van der Waals surface area (Å²) >= 11 is 1.78. The fraction of sp³-hybridized carbons (Fsp3) is 0.476. The zero-order chi connectivity index (χ0) is 19.8. The zero-order valence-corrected chi connectivity index (χ0v) is 17.3. The van der Waals surface area contributed by atoms with Gasteiger partial charge < -0.3 is 15.4 Å². The lowest BCUT2D eigenvalue weighted by molar-refractivity contribution is 0.0170. The van der Waals surface area contributed by atoms with Crippen molar-refractivity contribution in [2.24, 2.45) is 4.99 Å². The van der Waals surface area contributed by atoms with E-state index in [1.54, 1.807) is 18.4 Å². The maximum absolute atomic E-state index is 13.4. The number of rotatable bonds is 7. The molecule has 1 aliphatic heterocycles. The lowest BCUT2D eigenvalue weighted by atomic mass is 10.0. The van der Waals surface area contributed by atoms with Gasteiger partial charge in [-0.2, -0.15) is 0 Å². The third-order valence-electron chi connectivity index (χ3n) is 5.03. The van der Waals surface area contributed by atoms with Crippen molar-refractivity contribution < 1.29 is 9.13 Å². The minimum Gasteiger partial charge on any atom is -0.379 e. The van der Waals surface area contributed by atoms with Crippen LogP contribution in [0, 0.1) is 5.82 Å². The van der Waals surface area contributed by atoms with Crippen molar-refractivity contribution in [3.63, 3.8) is 0 Å². The summed E-state index contributed by atoms with van der Waals surface area (Å²) in [7, 11) is 1.78. The number of ether oxygens (including phenoxy) is 1. The summed E-state index contributed by atoms with van der Waals surface area (Å²) < 4.78 is 18.9. The van der Waals surface area contributed by atoms with Crippen LogP contribution in [-0.2, 0) is 4.74 Å². The Kier molecular flexibility index (Phi) is 7.82. The quantitative estimate of drug-likeness (QED) is 0.550. The largest absolute Gasteiger partial charge is 0.379 e. The number of aliphatic imine (C=N–C) groups is 1. The van der Waals surface area contributed by atoms with Crippen LogP contribution >= 0.6 is 11.3 Å². The molecule has 0 saturated carbocycles. The Bertz CT molecular complexity index is 729. The number of hydrogen-bond donors (Lipinski definition) is 2. The van der Waals surface area contributed by atoms with Gasteiger partial charge in [0.1, 0.15) is 5.82 Å². The monoisotopic (exact) mass is 404 g/mol. The first-order valence-electron chi connectivity index (χ1n) is 9.72. The highest BCUT2D eigenvalue weighted by Gasteiger charge is 2.23. The van der Waals surface area contributed by atoms with Crippen LogP contribution in [0.5, 0.6) is 0 Å². The molecular formula is C21H29FN4OS. The molecular weight excluding hydrogens is 375 g/mol. The number of hydrogen-bond acceptors (Lipinski definition) is 4. The first-order chi connectivity index (χ1) is 13.7. The molecule has 152 valence electrons. The van der Waals surface area contributed by atoms with Crippen LogP contribution in [0.25, 0.3) is 0 Å². The molecule has 0 bridgehead atoms. The minimum atomic E-state index is -0.211. The predicted molar refractivity (Wildman–Crippen MR) is 114 cm³/mol. The Morgan fingerprint density at radius 3 is 2.54 bits per heavy atom. The molecule has 1 saturated heterocycles. The summed E-state index contributed by atoms with van der Waals surface area (Å²) in [5.74, 6) is 0.993. The third-order valence-corrected chi connectivity index (χ3v) is 6.14. The SMILES string of the molecule is CN=C(NCC(C)c1cccs1)NCC(c1ccc(F)cc1)N1CCOCC1. The molecule has 0 spiro atoms. The van der Waals surface area contributed by atoms with Crippen LogP contribution in [-0.4, -0.2) is 57.3 Å². The van der Waals surface area contributed by atoms with Gasteiger partial charge in [-0.1, -0.05) is 25.1 Å². The fourth-order valence-corrected chi connectivity index (χ4v) is 4.15. The van der Waals surface area contributed by atoms with Gasteiger partial charge in [-0.25, -0.2) is 4.39 Å². The highest BCUT2D eigenvalue weighted by Crippen LogP contribution is 2.22. The molecule has 3 rings (SSSR count). The summed E-state index contributed by atoms with van der Waals surface area (Å²) in [6.45, 7) is 6.90. The van der Waals surface area contributed by atoms with Crippen molar-refractivity contribution in [3.8, 4) is 0 Å². The van der Waals surface area contributed by atoms with Gasteiger partial charge in [0.15, 0.2) is 5.96 Å². The molecule has 0 amide bonds. The topological polar surface area (TPSA) is 48.9 Å². The average molecular weight is 405 g/mol. The van der Waals surface area contributed by atoms with Gasteiger partial charge in [0.2, 0.25) is 0 Å².